The van der Waals surface area contributed by atoms with Gasteiger partial charge in [-0.1, -0.05) is 28.6 Å². The van der Waals surface area contributed by atoms with Crippen molar-refractivity contribution in [2.45, 2.75) is 0 Å². The standard InChI is InChI=1S/C18H17BrIN3O2/c1-2-9-25-17-8-3-14(19)10-13(17)11-22-23-18(24)12-21-16-6-4-15(20)5-7-16/h2-8,10-11,21H,1,9,12H2,(H,23,24)/b22-11-. The first-order valence-corrected chi connectivity index (χ1v) is 9.30. The van der Waals surface area contributed by atoms with E-state index in [1.807, 2.05) is 42.5 Å². The number of hydrogen-bond donors (Lipinski definition) is 2. The molecule has 0 atom stereocenters. The molecular weight excluding hydrogens is 497 g/mol. The molecule has 2 N–H and O–H groups in total. The Bertz CT molecular complexity index is 763. The summed E-state index contributed by atoms with van der Waals surface area (Å²) in [6.07, 6.45) is 3.22. The van der Waals surface area contributed by atoms with Gasteiger partial charge in [-0.25, -0.2) is 5.43 Å². The van der Waals surface area contributed by atoms with Gasteiger partial charge in [0, 0.05) is 19.3 Å². The smallest absolute Gasteiger partial charge is 0.259 e. The van der Waals surface area contributed by atoms with Crippen LogP contribution in [0.25, 0.3) is 0 Å². The highest BCUT2D eigenvalue weighted by atomic mass is 127. The van der Waals surface area contributed by atoms with Crippen molar-refractivity contribution < 1.29 is 9.53 Å². The number of ether oxygens (including phenoxy) is 1. The minimum absolute atomic E-state index is 0.135. The van der Waals surface area contributed by atoms with Crippen LogP contribution in [0.3, 0.4) is 0 Å². The molecule has 0 saturated heterocycles. The number of nitrogens with one attached hydrogen (secondary N) is 2. The molecule has 0 radical (unpaired) electrons. The van der Waals surface area contributed by atoms with E-state index in [0.29, 0.717) is 12.4 Å². The molecule has 25 heavy (non-hydrogen) atoms. The molecule has 0 aliphatic heterocycles. The van der Waals surface area contributed by atoms with E-state index in [9.17, 15) is 4.79 Å². The Hall–Kier alpha value is -1.87. The third kappa shape index (κ3) is 6.87. The van der Waals surface area contributed by atoms with Crippen LogP contribution in [0.5, 0.6) is 5.75 Å². The maximum atomic E-state index is 11.9. The zero-order chi connectivity index (χ0) is 18.1. The lowest BCUT2D eigenvalue weighted by molar-refractivity contribution is -0.119. The molecule has 5 nitrogen and oxygen atoms in total. The first-order valence-electron chi connectivity index (χ1n) is 7.43. The normalized spacial score (nSPS) is 10.5. The number of rotatable bonds is 8. The van der Waals surface area contributed by atoms with Crippen LogP contribution in [0.2, 0.25) is 0 Å². The fourth-order valence-corrected chi connectivity index (χ4v) is 2.60. The number of carbonyl (C=O) groups is 1. The molecule has 2 rings (SSSR count). The van der Waals surface area contributed by atoms with Gasteiger partial charge in [0.15, 0.2) is 0 Å². The van der Waals surface area contributed by atoms with E-state index in [1.54, 1.807) is 12.3 Å². The summed E-state index contributed by atoms with van der Waals surface area (Å²) in [6.45, 7) is 4.16. The summed E-state index contributed by atoms with van der Waals surface area (Å²) in [5, 5.41) is 7.02. The number of hydrazone groups is 1. The summed E-state index contributed by atoms with van der Waals surface area (Å²) in [5.74, 6) is 0.427. The van der Waals surface area contributed by atoms with Crippen LogP contribution in [0.1, 0.15) is 5.56 Å². The molecule has 0 unspecified atom stereocenters. The maximum absolute atomic E-state index is 11.9. The molecule has 1 amide bonds. The van der Waals surface area contributed by atoms with Gasteiger partial charge < -0.3 is 10.1 Å². The van der Waals surface area contributed by atoms with Crippen LogP contribution in [-0.4, -0.2) is 25.3 Å². The lowest BCUT2D eigenvalue weighted by atomic mass is 10.2. The highest BCUT2D eigenvalue weighted by molar-refractivity contribution is 14.1. The molecule has 2 aromatic carbocycles. The van der Waals surface area contributed by atoms with Crippen molar-refractivity contribution in [3.8, 4) is 5.75 Å². The Morgan fingerprint density at radius 2 is 2.04 bits per heavy atom. The summed E-state index contributed by atoms with van der Waals surface area (Å²) in [5.41, 5.74) is 4.12. The fraction of sp³-hybridized carbons (Fsp3) is 0.111. The summed E-state index contributed by atoms with van der Waals surface area (Å²) >= 11 is 5.64. The second-order valence-corrected chi connectivity index (χ2v) is 7.10. The minimum Gasteiger partial charge on any atom is -0.489 e. The zero-order valence-electron chi connectivity index (χ0n) is 13.3. The van der Waals surface area contributed by atoms with Gasteiger partial charge >= 0.3 is 0 Å². The van der Waals surface area contributed by atoms with Crippen LogP contribution in [0.15, 0.2) is 64.7 Å². The van der Waals surface area contributed by atoms with Crippen LogP contribution in [0.4, 0.5) is 5.69 Å². The Morgan fingerprint density at radius 3 is 2.76 bits per heavy atom. The predicted molar refractivity (Wildman–Crippen MR) is 113 cm³/mol. The lowest BCUT2D eigenvalue weighted by Gasteiger charge is -2.08. The van der Waals surface area contributed by atoms with Gasteiger partial charge in [0.2, 0.25) is 0 Å². The first-order chi connectivity index (χ1) is 12.1. The Morgan fingerprint density at radius 1 is 1.28 bits per heavy atom. The molecule has 0 saturated carbocycles. The molecule has 0 aliphatic rings. The van der Waals surface area contributed by atoms with Crippen molar-refractivity contribution in [3.63, 3.8) is 0 Å². The number of carbonyl (C=O) groups excluding carboxylic acids is 1. The van der Waals surface area contributed by atoms with Gasteiger partial charge in [0.25, 0.3) is 5.91 Å². The van der Waals surface area contributed by atoms with E-state index in [4.69, 9.17) is 4.74 Å². The molecule has 0 aliphatic carbocycles. The van der Waals surface area contributed by atoms with Gasteiger partial charge in [-0.3, -0.25) is 4.79 Å². The number of nitrogens with zero attached hydrogens (tertiary/aromatic N) is 1. The largest absolute Gasteiger partial charge is 0.489 e. The number of hydrogen-bond acceptors (Lipinski definition) is 4. The molecule has 0 aromatic heterocycles. The van der Waals surface area contributed by atoms with Gasteiger partial charge in [-0.05, 0) is 65.1 Å². The van der Waals surface area contributed by atoms with Crippen molar-refractivity contribution >= 4 is 56.3 Å². The summed E-state index contributed by atoms with van der Waals surface area (Å²) in [6, 6.07) is 13.3. The quantitative estimate of drug-likeness (QED) is 0.241. The minimum atomic E-state index is -0.238. The third-order valence-electron chi connectivity index (χ3n) is 3.02. The second-order valence-electron chi connectivity index (χ2n) is 4.94. The van der Waals surface area contributed by atoms with Crippen LogP contribution in [-0.2, 0) is 4.79 Å². The third-order valence-corrected chi connectivity index (χ3v) is 4.23. The Labute approximate surface area is 168 Å². The van der Waals surface area contributed by atoms with Gasteiger partial charge in [-0.2, -0.15) is 5.10 Å². The molecule has 130 valence electrons. The average molecular weight is 514 g/mol. The molecule has 0 heterocycles. The topological polar surface area (TPSA) is 62.7 Å². The van der Waals surface area contributed by atoms with Crippen molar-refractivity contribution in [3.05, 3.63) is 68.7 Å². The van der Waals surface area contributed by atoms with E-state index in [2.05, 4.69) is 60.9 Å². The number of amides is 1. The number of benzene rings is 2. The van der Waals surface area contributed by atoms with Crippen LogP contribution >= 0.6 is 38.5 Å². The molecule has 0 fully saturated rings. The zero-order valence-corrected chi connectivity index (χ0v) is 17.1. The summed E-state index contributed by atoms with van der Waals surface area (Å²) < 4.78 is 7.59. The van der Waals surface area contributed by atoms with E-state index in [0.717, 1.165) is 19.3 Å². The molecule has 0 bridgehead atoms. The van der Waals surface area contributed by atoms with Crippen LogP contribution < -0.4 is 15.5 Å². The Kier molecular flexibility index (Phi) is 7.93. The van der Waals surface area contributed by atoms with Gasteiger partial charge in [0.1, 0.15) is 12.4 Å². The predicted octanol–water partition coefficient (Wildman–Crippen LogP) is 4.18. The van der Waals surface area contributed by atoms with Crippen molar-refractivity contribution in [1.29, 1.82) is 0 Å². The average Bonchev–Trinajstić information content (AvgIpc) is 2.60. The van der Waals surface area contributed by atoms with E-state index < -0.39 is 0 Å². The highest BCUT2D eigenvalue weighted by Crippen LogP contribution is 2.21. The van der Waals surface area contributed by atoms with E-state index in [1.165, 1.54) is 0 Å². The van der Waals surface area contributed by atoms with E-state index in [-0.39, 0.29) is 12.5 Å². The molecule has 2 aromatic rings. The highest BCUT2D eigenvalue weighted by Gasteiger charge is 2.03. The summed E-state index contributed by atoms with van der Waals surface area (Å²) in [4.78, 5) is 11.9. The van der Waals surface area contributed by atoms with E-state index >= 15 is 0 Å². The number of halogens is 2. The van der Waals surface area contributed by atoms with Gasteiger partial charge in [-0.15, -0.1) is 0 Å². The van der Waals surface area contributed by atoms with Crippen LogP contribution in [0, 0.1) is 3.57 Å². The summed E-state index contributed by atoms with van der Waals surface area (Å²) in [7, 11) is 0. The number of anilines is 1. The Balaban J connectivity index is 1.89. The van der Waals surface area contributed by atoms with Crippen molar-refractivity contribution in [1.82, 2.24) is 5.43 Å². The molecule has 7 heteroatoms. The van der Waals surface area contributed by atoms with Crippen molar-refractivity contribution in [2.24, 2.45) is 5.10 Å². The molecular formula is C18H17BrIN3O2. The second kappa shape index (κ2) is 10.2. The SMILES string of the molecule is C=CCOc1ccc(Br)cc1/C=N\NC(=O)CNc1ccc(I)cc1. The van der Waals surface area contributed by atoms with Gasteiger partial charge in [0.05, 0.1) is 12.8 Å². The maximum Gasteiger partial charge on any atom is 0.259 e. The fourth-order valence-electron chi connectivity index (χ4n) is 1.86. The monoisotopic (exact) mass is 513 g/mol. The lowest BCUT2D eigenvalue weighted by Crippen LogP contribution is -2.25. The first kappa shape index (κ1) is 19.5. The molecule has 0 spiro atoms. The van der Waals surface area contributed by atoms with Crippen molar-refractivity contribution in [2.75, 3.05) is 18.5 Å².